The van der Waals surface area contributed by atoms with Crippen molar-refractivity contribution in [3.05, 3.63) is 59.7 Å². The molecule has 126 valence electrons. The number of aliphatic hydroxyl groups is 1. The van der Waals surface area contributed by atoms with Gasteiger partial charge in [0.05, 0.1) is 6.42 Å². The van der Waals surface area contributed by atoms with Crippen LogP contribution >= 0.6 is 0 Å². The van der Waals surface area contributed by atoms with Gasteiger partial charge in [0.1, 0.15) is 12.7 Å². The highest BCUT2D eigenvalue weighted by molar-refractivity contribution is 6.15. The van der Waals surface area contributed by atoms with Crippen molar-refractivity contribution in [3.63, 3.8) is 0 Å². The van der Waals surface area contributed by atoms with Crippen molar-refractivity contribution in [1.29, 1.82) is 0 Å². The van der Waals surface area contributed by atoms with Crippen molar-refractivity contribution in [2.24, 2.45) is 0 Å². The standard InChI is InChI=1S/C19H15NO5/c21-16-9-17(22)20(18(16)23)19(24)25-10-15-13-7-3-1-5-11(13)12-6-2-4-8-14(12)15/h1-8,15-16,21H,9-10H2. The zero-order chi connectivity index (χ0) is 17.6. The second-order valence-electron chi connectivity index (χ2n) is 6.09. The lowest BCUT2D eigenvalue weighted by Crippen LogP contribution is -2.38. The molecule has 1 fully saturated rings. The van der Waals surface area contributed by atoms with E-state index in [-0.39, 0.29) is 18.9 Å². The van der Waals surface area contributed by atoms with Crippen molar-refractivity contribution in [2.75, 3.05) is 6.61 Å². The number of hydrogen-bond donors (Lipinski definition) is 1. The minimum Gasteiger partial charge on any atom is -0.448 e. The SMILES string of the molecule is O=C1CC(O)C(=O)N1C(=O)OCC1c2ccccc2-c2ccccc21. The minimum atomic E-state index is -1.46. The van der Waals surface area contributed by atoms with Crippen LogP contribution in [0, 0.1) is 0 Å². The molecule has 2 aromatic carbocycles. The Bertz CT molecular complexity index is 845. The molecule has 1 aliphatic heterocycles. The molecule has 0 spiro atoms. The van der Waals surface area contributed by atoms with Crippen LogP contribution in [0.2, 0.25) is 0 Å². The summed E-state index contributed by atoms with van der Waals surface area (Å²) in [4.78, 5) is 35.9. The predicted molar refractivity (Wildman–Crippen MR) is 87.5 cm³/mol. The van der Waals surface area contributed by atoms with Crippen LogP contribution in [0.25, 0.3) is 11.1 Å². The van der Waals surface area contributed by atoms with E-state index in [9.17, 15) is 19.5 Å². The van der Waals surface area contributed by atoms with Crippen molar-refractivity contribution in [1.82, 2.24) is 4.90 Å². The molecule has 1 unspecified atom stereocenters. The Morgan fingerprint density at radius 3 is 2.12 bits per heavy atom. The zero-order valence-corrected chi connectivity index (χ0v) is 13.2. The van der Waals surface area contributed by atoms with Crippen molar-refractivity contribution in [2.45, 2.75) is 18.4 Å². The number of imide groups is 3. The van der Waals surface area contributed by atoms with Crippen LogP contribution in [0.4, 0.5) is 4.79 Å². The molecule has 4 rings (SSSR count). The van der Waals surface area contributed by atoms with Gasteiger partial charge in [-0.15, -0.1) is 0 Å². The molecule has 1 heterocycles. The Morgan fingerprint density at radius 2 is 1.60 bits per heavy atom. The summed E-state index contributed by atoms with van der Waals surface area (Å²) in [6.45, 7) is 0.0139. The molecule has 0 saturated carbocycles. The highest BCUT2D eigenvalue weighted by atomic mass is 16.6. The third-order valence-corrected chi connectivity index (χ3v) is 4.64. The summed E-state index contributed by atoms with van der Waals surface area (Å²) in [5, 5.41) is 9.41. The molecule has 1 aliphatic carbocycles. The summed E-state index contributed by atoms with van der Waals surface area (Å²) in [7, 11) is 0. The molecule has 0 aromatic heterocycles. The smallest absolute Gasteiger partial charge is 0.423 e. The first-order valence-corrected chi connectivity index (χ1v) is 7.97. The number of benzene rings is 2. The van der Waals surface area contributed by atoms with Crippen LogP contribution in [0.15, 0.2) is 48.5 Å². The summed E-state index contributed by atoms with van der Waals surface area (Å²) in [5.74, 6) is -1.83. The van der Waals surface area contributed by atoms with E-state index < -0.39 is 24.0 Å². The molecular formula is C19H15NO5. The highest BCUT2D eigenvalue weighted by Crippen LogP contribution is 2.44. The lowest BCUT2D eigenvalue weighted by atomic mass is 9.98. The Labute approximate surface area is 143 Å². The number of aliphatic hydroxyl groups excluding tert-OH is 1. The molecule has 1 atom stereocenters. The number of ether oxygens (including phenoxy) is 1. The van der Waals surface area contributed by atoms with Gasteiger partial charge in [-0.25, -0.2) is 4.79 Å². The zero-order valence-electron chi connectivity index (χ0n) is 13.2. The first kappa shape index (κ1) is 15.5. The summed E-state index contributed by atoms with van der Waals surface area (Å²) in [5.41, 5.74) is 4.25. The summed E-state index contributed by atoms with van der Waals surface area (Å²) in [6, 6.07) is 15.7. The number of carbonyl (C=O) groups excluding carboxylic acids is 3. The van der Waals surface area contributed by atoms with Gasteiger partial charge in [-0.2, -0.15) is 4.90 Å². The molecule has 6 heteroatoms. The second kappa shape index (κ2) is 5.82. The Kier molecular flexibility index (Phi) is 3.62. The van der Waals surface area contributed by atoms with Gasteiger partial charge in [0, 0.05) is 5.92 Å². The molecule has 25 heavy (non-hydrogen) atoms. The molecular weight excluding hydrogens is 322 g/mol. The van der Waals surface area contributed by atoms with E-state index in [1.807, 2.05) is 48.5 Å². The van der Waals surface area contributed by atoms with Crippen LogP contribution in [0.3, 0.4) is 0 Å². The first-order chi connectivity index (χ1) is 12.1. The van der Waals surface area contributed by atoms with Crippen molar-refractivity contribution < 1.29 is 24.2 Å². The normalized spacial score (nSPS) is 19.1. The largest absolute Gasteiger partial charge is 0.448 e. The van der Waals surface area contributed by atoms with Crippen LogP contribution < -0.4 is 0 Å². The molecule has 6 nitrogen and oxygen atoms in total. The van der Waals surface area contributed by atoms with Gasteiger partial charge in [-0.3, -0.25) is 9.59 Å². The summed E-state index contributed by atoms with van der Waals surface area (Å²) in [6.07, 6.45) is -2.88. The topological polar surface area (TPSA) is 83.9 Å². The average Bonchev–Trinajstić information content (AvgIpc) is 3.07. The van der Waals surface area contributed by atoms with Crippen molar-refractivity contribution >= 4 is 17.9 Å². The van der Waals surface area contributed by atoms with E-state index in [1.54, 1.807) is 0 Å². The van der Waals surface area contributed by atoms with E-state index in [1.165, 1.54) is 0 Å². The quantitative estimate of drug-likeness (QED) is 0.848. The van der Waals surface area contributed by atoms with E-state index in [0.29, 0.717) is 4.90 Å². The molecule has 0 radical (unpaired) electrons. The Balaban J connectivity index is 1.57. The third kappa shape index (κ3) is 2.42. The lowest BCUT2D eigenvalue weighted by molar-refractivity contribution is -0.138. The number of nitrogens with zero attached hydrogens (tertiary/aromatic N) is 1. The maximum Gasteiger partial charge on any atom is 0.423 e. The van der Waals surface area contributed by atoms with Gasteiger partial charge in [0.25, 0.3) is 5.91 Å². The van der Waals surface area contributed by atoms with E-state index >= 15 is 0 Å². The molecule has 1 saturated heterocycles. The maximum absolute atomic E-state index is 12.1. The van der Waals surface area contributed by atoms with Gasteiger partial charge in [-0.05, 0) is 22.3 Å². The van der Waals surface area contributed by atoms with Crippen LogP contribution in [0.1, 0.15) is 23.5 Å². The number of amides is 3. The van der Waals surface area contributed by atoms with Gasteiger partial charge < -0.3 is 9.84 Å². The number of carbonyl (C=O) groups is 3. The highest BCUT2D eigenvalue weighted by Gasteiger charge is 2.43. The van der Waals surface area contributed by atoms with Gasteiger partial charge in [-0.1, -0.05) is 48.5 Å². The lowest BCUT2D eigenvalue weighted by Gasteiger charge is -2.17. The Hall–Kier alpha value is -2.99. The maximum atomic E-state index is 12.1. The first-order valence-electron chi connectivity index (χ1n) is 7.97. The Morgan fingerprint density at radius 1 is 1.04 bits per heavy atom. The number of likely N-dealkylation sites (tertiary alicyclic amines) is 1. The minimum absolute atomic E-state index is 0.0139. The fraction of sp³-hybridized carbons (Fsp3) is 0.211. The molecule has 2 aromatic rings. The van der Waals surface area contributed by atoms with Crippen LogP contribution in [-0.2, 0) is 14.3 Å². The van der Waals surface area contributed by atoms with Gasteiger partial charge in [0.15, 0.2) is 0 Å². The fourth-order valence-corrected chi connectivity index (χ4v) is 3.47. The second-order valence-corrected chi connectivity index (χ2v) is 6.09. The van der Waals surface area contributed by atoms with Gasteiger partial charge in [0.2, 0.25) is 5.91 Å². The number of fused-ring (bicyclic) bond motifs is 3. The predicted octanol–water partition coefficient (Wildman–Crippen LogP) is 2.06. The van der Waals surface area contributed by atoms with E-state index in [0.717, 1.165) is 22.3 Å². The number of rotatable bonds is 2. The summed E-state index contributed by atoms with van der Waals surface area (Å²) < 4.78 is 5.25. The van der Waals surface area contributed by atoms with E-state index in [2.05, 4.69) is 0 Å². The molecule has 1 N–H and O–H groups in total. The monoisotopic (exact) mass is 337 g/mol. The van der Waals surface area contributed by atoms with Crippen molar-refractivity contribution in [3.8, 4) is 11.1 Å². The molecule has 0 bridgehead atoms. The van der Waals surface area contributed by atoms with Gasteiger partial charge >= 0.3 is 6.09 Å². The van der Waals surface area contributed by atoms with E-state index in [4.69, 9.17) is 4.74 Å². The summed E-state index contributed by atoms with van der Waals surface area (Å²) >= 11 is 0. The number of hydrogen-bond acceptors (Lipinski definition) is 5. The molecule has 2 aliphatic rings. The van der Waals surface area contributed by atoms with Crippen LogP contribution in [0.5, 0.6) is 0 Å². The average molecular weight is 337 g/mol. The fourth-order valence-electron chi connectivity index (χ4n) is 3.47. The third-order valence-electron chi connectivity index (χ3n) is 4.64. The van der Waals surface area contributed by atoms with Crippen LogP contribution in [-0.4, -0.2) is 40.6 Å². The molecule has 3 amide bonds.